The third-order valence-corrected chi connectivity index (χ3v) is 3.48. The van der Waals surface area contributed by atoms with Crippen molar-refractivity contribution in [3.63, 3.8) is 0 Å². The van der Waals surface area contributed by atoms with E-state index in [0.717, 1.165) is 0 Å². The lowest BCUT2D eigenvalue weighted by atomic mass is 10.1. The first kappa shape index (κ1) is 17.8. The summed E-state index contributed by atoms with van der Waals surface area (Å²) in [5.74, 6) is 0. The standard InChI is InChI=1S/C13H6Cl2F6N2/c14-8-1-6(12(16,17)18)4-22-10(8)3-11-9(15)2-7(5-23-11)13(19,20)21/h1-2,4-5H,3H2. The summed E-state index contributed by atoms with van der Waals surface area (Å²) in [5, 5.41) is -0.560. The van der Waals surface area contributed by atoms with E-state index >= 15 is 0 Å². The maximum absolute atomic E-state index is 12.5. The molecule has 2 heterocycles. The van der Waals surface area contributed by atoms with Crippen molar-refractivity contribution >= 4 is 23.2 Å². The van der Waals surface area contributed by atoms with Crippen LogP contribution in [0, 0.1) is 0 Å². The summed E-state index contributed by atoms with van der Waals surface area (Å²) in [6.45, 7) is 0. The van der Waals surface area contributed by atoms with E-state index in [-0.39, 0.29) is 27.9 Å². The highest BCUT2D eigenvalue weighted by molar-refractivity contribution is 6.32. The van der Waals surface area contributed by atoms with Gasteiger partial charge < -0.3 is 0 Å². The van der Waals surface area contributed by atoms with Crippen molar-refractivity contribution in [1.82, 2.24) is 9.97 Å². The first-order valence-corrected chi connectivity index (χ1v) is 6.67. The highest BCUT2D eigenvalue weighted by Crippen LogP contribution is 2.33. The Morgan fingerprint density at radius 1 is 0.739 bits per heavy atom. The molecule has 0 amide bonds. The topological polar surface area (TPSA) is 25.8 Å². The second-order valence-corrected chi connectivity index (χ2v) is 5.29. The lowest BCUT2D eigenvalue weighted by Gasteiger charge is -2.11. The molecular formula is C13H6Cl2F6N2. The number of halogens is 8. The summed E-state index contributed by atoms with van der Waals surface area (Å²) in [4.78, 5) is 7.16. The Morgan fingerprint density at radius 3 is 1.35 bits per heavy atom. The molecule has 0 aliphatic heterocycles. The second kappa shape index (κ2) is 6.16. The predicted molar refractivity (Wildman–Crippen MR) is 71.3 cm³/mol. The fourth-order valence-corrected chi connectivity index (χ4v) is 2.13. The van der Waals surface area contributed by atoms with Gasteiger partial charge in [0.05, 0.1) is 32.6 Å². The Kier molecular flexibility index (Phi) is 4.77. The van der Waals surface area contributed by atoms with E-state index in [1.807, 2.05) is 0 Å². The van der Waals surface area contributed by atoms with Crippen molar-refractivity contribution in [3.8, 4) is 0 Å². The summed E-state index contributed by atoms with van der Waals surface area (Å²) in [7, 11) is 0. The molecule has 0 fully saturated rings. The van der Waals surface area contributed by atoms with Gasteiger partial charge in [-0.05, 0) is 12.1 Å². The first-order chi connectivity index (χ1) is 10.5. The summed E-state index contributed by atoms with van der Waals surface area (Å²) in [5.41, 5.74) is -2.02. The Labute approximate surface area is 136 Å². The molecule has 0 aliphatic carbocycles. The van der Waals surface area contributed by atoms with Crippen molar-refractivity contribution in [2.24, 2.45) is 0 Å². The molecule has 0 bridgehead atoms. The minimum Gasteiger partial charge on any atom is -0.259 e. The molecule has 0 aromatic carbocycles. The molecule has 124 valence electrons. The Hall–Kier alpha value is -1.54. The van der Waals surface area contributed by atoms with Gasteiger partial charge in [0.2, 0.25) is 0 Å². The van der Waals surface area contributed by atoms with Crippen LogP contribution in [0.15, 0.2) is 24.5 Å². The smallest absolute Gasteiger partial charge is 0.259 e. The molecule has 2 aromatic heterocycles. The van der Waals surface area contributed by atoms with Crippen molar-refractivity contribution in [1.29, 1.82) is 0 Å². The molecule has 10 heteroatoms. The van der Waals surface area contributed by atoms with E-state index < -0.39 is 23.5 Å². The first-order valence-electron chi connectivity index (χ1n) is 5.91. The van der Waals surface area contributed by atoms with Gasteiger partial charge in [0.25, 0.3) is 0 Å². The van der Waals surface area contributed by atoms with Crippen molar-refractivity contribution in [2.75, 3.05) is 0 Å². The zero-order valence-corrected chi connectivity index (χ0v) is 12.4. The van der Waals surface area contributed by atoms with E-state index in [9.17, 15) is 26.3 Å². The molecular weight excluding hydrogens is 369 g/mol. The maximum atomic E-state index is 12.5. The number of hydrogen-bond acceptors (Lipinski definition) is 2. The average Bonchev–Trinajstić information content (AvgIpc) is 2.40. The lowest BCUT2D eigenvalue weighted by molar-refractivity contribution is -0.138. The minimum atomic E-state index is -4.60. The summed E-state index contributed by atoms with van der Waals surface area (Å²) < 4.78 is 75.0. The highest BCUT2D eigenvalue weighted by atomic mass is 35.5. The van der Waals surface area contributed by atoms with Crippen molar-refractivity contribution in [3.05, 3.63) is 57.1 Å². The second-order valence-electron chi connectivity index (χ2n) is 4.48. The van der Waals surface area contributed by atoms with Gasteiger partial charge in [0.1, 0.15) is 0 Å². The minimum absolute atomic E-state index is 0.0221. The van der Waals surface area contributed by atoms with Gasteiger partial charge in [0.15, 0.2) is 0 Å². The Balaban J connectivity index is 2.30. The van der Waals surface area contributed by atoms with Gasteiger partial charge in [-0.15, -0.1) is 0 Å². The van der Waals surface area contributed by atoms with Crippen LogP contribution in [0.5, 0.6) is 0 Å². The Morgan fingerprint density at radius 2 is 1.09 bits per heavy atom. The Bertz CT molecular complexity index is 666. The molecule has 0 aliphatic rings. The molecule has 0 saturated heterocycles. The van der Waals surface area contributed by atoms with Crippen LogP contribution in [-0.2, 0) is 18.8 Å². The van der Waals surface area contributed by atoms with Crippen LogP contribution in [0.4, 0.5) is 26.3 Å². The van der Waals surface area contributed by atoms with Gasteiger partial charge in [-0.3, -0.25) is 9.97 Å². The fourth-order valence-electron chi connectivity index (χ4n) is 1.66. The zero-order chi connectivity index (χ0) is 17.4. The summed E-state index contributed by atoms with van der Waals surface area (Å²) >= 11 is 11.5. The summed E-state index contributed by atoms with van der Waals surface area (Å²) in [6, 6.07) is 1.36. The number of pyridine rings is 2. The predicted octanol–water partition coefficient (Wildman–Crippen LogP) is 5.41. The van der Waals surface area contributed by atoms with Gasteiger partial charge in [0, 0.05) is 18.8 Å². The molecule has 2 aromatic rings. The van der Waals surface area contributed by atoms with Gasteiger partial charge in [-0.25, -0.2) is 0 Å². The molecule has 2 rings (SSSR count). The molecule has 0 spiro atoms. The number of alkyl halides is 6. The molecule has 2 nitrogen and oxygen atoms in total. The molecule has 23 heavy (non-hydrogen) atoms. The molecule has 0 radical (unpaired) electrons. The van der Waals surface area contributed by atoms with Crippen LogP contribution in [0.3, 0.4) is 0 Å². The van der Waals surface area contributed by atoms with Crippen LogP contribution >= 0.6 is 23.2 Å². The van der Waals surface area contributed by atoms with E-state index in [0.29, 0.717) is 24.5 Å². The van der Waals surface area contributed by atoms with E-state index in [4.69, 9.17) is 23.2 Å². The number of rotatable bonds is 2. The van der Waals surface area contributed by atoms with E-state index in [1.165, 1.54) is 0 Å². The fraction of sp³-hybridized carbons (Fsp3) is 0.231. The average molecular weight is 375 g/mol. The van der Waals surface area contributed by atoms with Gasteiger partial charge in [-0.1, -0.05) is 23.2 Å². The van der Waals surface area contributed by atoms with Crippen molar-refractivity contribution in [2.45, 2.75) is 18.8 Å². The lowest BCUT2D eigenvalue weighted by Crippen LogP contribution is -2.08. The number of hydrogen-bond donors (Lipinski definition) is 0. The molecule has 0 N–H and O–H groups in total. The highest BCUT2D eigenvalue weighted by Gasteiger charge is 2.32. The van der Waals surface area contributed by atoms with Crippen LogP contribution in [0.25, 0.3) is 0 Å². The van der Waals surface area contributed by atoms with Gasteiger partial charge in [-0.2, -0.15) is 26.3 Å². The largest absolute Gasteiger partial charge is 0.417 e. The third-order valence-electron chi connectivity index (χ3n) is 2.82. The van der Waals surface area contributed by atoms with Crippen molar-refractivity contribution < 1.29 is 26.3 Å². The number of nitrogens with zero attached hydrogens (tertiary/aromatic N) is 2. The van der Waals surface area contributed by atoms with E-state index in [2.05, 4.69) is 9.97 Å². The molecule has 0 saturated carbocycles. The van der Waals surface area contributed by atoms with Crippen LogP contribution in [-0.4, -0.2) is 9.97 Å². The van der Waals surface area contributed by atoms with Crippen LogP contribution in [0.2, 0.25) is 10.0 Å². The normalized spacial score (nSPS) is 12.5. The van der Waals surface area contributed by atoms with E-state index in [1.54, 1.807) is 0 Å². The summed E-state index contributed by atoms with van der Waals surface area (Å²) in [6.07, 6.45) is -8.23. The van der Waals surface area contributed by atoms with Crippen LogP contribution < -0.4 is 0 Å². The monoisotopic (exact) mass is 374 g/mol. The molecule has 0 atom stereocenters. The third kappa shape index (κ3) is 4.26. The maximum Gasteiger partial charge on any atom is 0.417 e. The SMILES string of the molecule is FC(F)(F)c1cnc(Cc2ncc(C(F)(F)F)cc2Cl)c(Cl)c1. The number of aromatic nitrogens is 2. The zero-order valence-electron chi connectivity index (χ0n) is 10.9. The quantitative estimate of drug-likeness (QED) is 0.656. The molecule has 0 unspecified atom stereocenters. The van der Waals surface area contributed by atoms with Crippen LogP contribution in [0.1, 0.15) is 22.5 Å². The van der Waals surface area contributed by atoms with Gasteiger partial charge >= 0.3 is 12.4 Å².